The molecule has 0 spiro atoms. The number of anilines is 1. The van der Waals surface area contributed by atoms with Crippen molar-refractivity contribution in [2.45, 2.75) is 25.0 Å². The molecule has 1 aliphatic heterocycles. The van der Waals surface area contributed by atoms with Gasteiger partial charge in [-0.25, -0.2) is 0 Å². The first-order valence-corrected chi connectivity index (χ1v) is 10.5. The quantitative estimate of drug-likeness (QED) is 0.502. The standard InChI is InChI=1S/C20H19BrN4O2S/c1-2-16(13-6-4-3-5-7-13)24-25-20-23-19(27)17(28-20)12-18(26)22-15-10-8-14(21)9-11-15/h3-11,17H,2,12H2,1H3,(H,22,26)(H,23,25,27)/b24-16-/t17-/m0/s1. The monoisotopic (exact) mass is 458 g/mol. The highest BCUT2D eigenvalue weighted by Gasteiger charge is 2.32. The Bertz CT molecular complexity index is 914. The van der Waals surface area contributed by atoms with Crippen LogP contribution in [0.25, 0.3) is 0 Å². The number of hydrogen-bond donors (Lipinski definition) is 2. The zero-order valence-corrected chi connectivity index (χ0v) is 17.6. The van der Waals surface area contributed by atoms with E-state index in [1.165, 1.54) is 11.8 Å². The van der Waals surface area contributed by atoms with E-state index in [4.69, 9.17) is 0 Å². The molecule has 0 radical (unpaired) electrons. The summed E-state index contributed by atoms with van der Waals surface area (Å²) in [5.41, 5.74) is 2.51. The molecule has 1 atom stereocenters. The van der Waals surface area contributed by atoms with Gasteiger partial charge in [-0.1, -0.05) is 64.9 Å². The normalized spacial score (nSPS) is 18.2. The van der Waals surface area contributed by atoms with Crippen molar-refractivity contribution in [3.63, 3.8) is 0 Å². The lowest BCUT2D eigenvalue weighted by Gasteiger charge is -2.07. The van der Waals surface area contributed by atoms with Crippen LogP contribution >= 0.6 is 27.7 Å². The van der Waals surface area contributed by atoms with Gasteiger partial charge in [-0.05, 0) is 36.2 Å². The SMILES string of the molecule is CC/C(=N/N=C1\NC(=O)[C@H](CC(=O)Nc2ccc(Br)cc2)S1)c1ccccc1. The number of hydrogen-bond acceptors (Lipinski definition) is 5. The molecule has 3 rings (SSSR count). The maximum atomic E-state index is 12.2. The summed E-state index contributed by atoms with van der Waals surface area (Å²) in [6.45, 7) is 2.00. The molecule has 2 aromatic rings. The Labute approximate surface area is 176 Å². The van der Waals surface area contributed by atoms with E-state index in [1.54, 1.807) is 12.1 Å². The molecule has 0 saturated carbocycles. The average Bonchev–Trinajstić information content (AvgIpc) is 3.04. The van der Waals surface area contributed by atoms with Gasteiger partial charge in [0.25, 0.3) is 0 Å². The topological polar surface area (TPSA) is 82.9 Å². The van der Waals surface area contributed by atoms with Crippen LogP contribution in [0.1, 0.15) is 25.3 Å². The van der Waals surface area contributed by atoms with Gasteiger partial charge >= 0.3 is 0 Å². The van der Waals surface area contributed by atoms with Gasteiger partial charge in [0.15, 0.2) is 5.17 Å². The molecule has 1 aliphatic rings. The molecule has 0 aromatic heterocycles. The summed E-state index contributed by atoms with van der Waals surface area (Å²) in [6, 6.07) is 17.0. The Balaban J connectivity index is 1.61. The van der Waals surface area contributed by atoms with Crippen LogP contribution in [0.4, 0.5) is 5.69 Å². The van der Waals surface area contributed by atoms with Gasteiger partial charge in [0, 0.05) is 16.6 Å². The van der Waals surface area contributed by atoms with Crippen molar-refractivity contribution >= 4 is 56.1 Å². The third-order valence-corrected chi connectivity index (χ3v) is 5.58. The van der Waals surface area contributed by atoms with Crippen molar-refractivity contribution in [1.29, 1.82) is 0 Å². The van der Waals surface area contributed by atoms with Gasteiger partial charge in [0.2, 0.25) is 11.8 Å². The molecular weight excluding hydrogens is 440 g/mol. The molecule has 1 heterocycles. The first kappa shape index (κ1) is 20.3. The van der Waals surface area contributed by atoms with E-state index in [0.29, 0.717) is 10.9 Å². The molecule has 0 aliphatic carbocycles. The fourth-order valence-corrected chi connectivity index (χ4v) is 3.75. The van der Waals surface area contributed by atoms with Crippen LogP contribution < -0.4 is 10.6 Å². The minimum Gasteiger partial charge on any atom is -0.326 e. The molecule has 2 N–H and O–H groups in total. The van der Waals surface area contributed by atoms with Crippen molar-refractivity contribution < 1.29 is 9.59 Å². The number of carbonyl (C=O) groups is 2. The van der Waals surface area contributed by atoms with Crippen molar-refractivity contribution in [2.75, 3.05) is 5.32 Å². The number of amides is 2. The molecule has 1 saturated heterocycles. The molecule has 2 amide bonds. The Hall–Kier alpha value is -2.45. The van der Waals surface area contributed by atoms with Crippen LogP contribution in [0.5, 0.6) is 0 Å². The molecule has 144 valence electrons. The summed E-state index contributed by atoms with van der Waals surface area (Å²) in [5.74, 6) is -0.457. The largest absolute Gasteiger partial charge is 0.326 e. The Morgan fingerprint density at radius 2 is 1.89 bits per heavy atom. The van der Waals surface area contributed by atoms with Crippen LogP contribution in [0.3, 0.4) is 0 Å². The van der Waals surface area contributed by atoms with E-state index in [-0.39, 0.29) is 18.2 Å². The van der Waals surface area contributed by atoms with Crippen LogP contribution in [-0.2, 0) is 9.59 Å². The summed E-state index contributed by atoms with van der Waals surface area (Å²) in [5, 5.41) is 13.8. The van der Waals surface area contributed by atoms with E-state index in [2.05, 4.69) is 36.8 Å². The summed E-state index contributed by atoms with van der Waals surface area (Å²) in [7, 11) is 0. The van der Waals surface area contributed by atoms with Crippen LogP contribution in [0.2, 0.25) is 0 Å². The highest BCUT2D eigenvalue weighted by atomic mass is 79.9. The number of nitrogens with zero attached hydrogens (tertiary/aromatic N) is 2. The Kier molecular flexibility index (Phi) is 7.00. The van der Waals surface area contributed by atoms with Gasteiger partial charge in [0.1, 0.15) is 5.25 Å². The molecule has 0 unspecified atom stereocenters. The van der Waals surface area contributed by atoms with Gasteiger partial charge in [-0.15, -0.1) is 5.10 Å². The summed E-state index contributed by atoms with van der Waals surface area (Å²) < 4.78 is 0.930. The first-order valence-electron chi connectivity index (χ1n) is 8.78. The van der Waals surface area contributed by atoms with Crippen molar-refractivity contribution in [2.24, 2.45) is 10.2 Å². The first-order chi connectivity index (χ1) is 13.5. The fourth-order valence-electron chi connectivity index (χ4n) is 2.57. The number of halogens is 1. The van der Waals surface area contributed by atoms with Crippen molar-refractivity contribution in [3.8, 4) is 0 Å². The zero-order chi connectivity index (χ0) is 19.9. The minimum absolute atomic E-state index is 0.0641. The second kappa shape index (κ2) is 9.66. The summed E-state index contributed by atoms with van der Waals surface area (Å²) in [4.78, 5) is 24.4. The number of nitrogens with one attached hydrogen (secondary N) is 2. The Morgan fingerprint density at radius 1 is 1.18 bits per heavy atom. The molecule has 28 heavy (non-hydrogen) atoms. The number of carbonyl (C=O) groups excluding carboxylic acids is 2. The number of amidine groups is 1. The van der Waals surface area contributed by atoms with E-state index in [1.807, 2.05) is 49.4 Å². The molecule has 1 fully saturated rings. The van der Waals surface area contributed by atoms with E-state index >= 15 is 0 Å². The predicted molar refractivity (Wildman–Crippen MR) is 118 cm³/mol. The molecular formula is C20H19BrN4O2S. The van der Waals surface area contributed by atoms with Crippen LogP contribution in [-0.4, -0.2) is 27.9 Å². The second-order valence-corrected chi connectivity index (χ2v) is 8.13. The van der Waals surface area contributed by atoms with Crippen molar-refractivity contribution in [1.82, 2.24) is 5.32 Å². The fraction of sp³-hybridized carbons (Fsp3) is 0.200. The maximum absolute atomic E-state index is 12.2. The molecule has 6 nitrogen and oxygen atoms in total. The van der Waals surface area contributed by atoms with Gasteiger partial charge in [-0.3, -0.25) is 9.59 Å². The highest BCUT2D eigenvalue weighted by molar-refractivity contribution is 9.10. The van der Waals surface area contributed by atoms with E-state index in [9.17, 15) is 9.59 Å². The Morgan fingerprint density at radius 3 is 2.57 bits per heavy atom. The molecule has 8 heteroatoms. The number of thioether (sulfide) groups is 1. The predicted octanol–water partition coefficient (Wildman–Crippen LogP) is 4.18. The van der Waals surface area contributed by atoms with Gasteiger partial charge in [-0.2, -0.15) is 5.10 Å². The lowest BCUT2D eigenvalue weighted by Crippen LogP contribution is -2.28. The maximum Gasteiger partial charge on any atom is 0.240 e. The highest BCUT2D eigenvalue weighted by Crippen LogP contribution is 2.23. The van der Waals surface area contributed by atoms with Crippen LogP contribution in [0.15, 0.2) is 69.3 Å². The second-order valence-electron chi connectivity index (χ2n) is 6.03. The number of rotatable bonds is 6. The van der Waals surface area contributed by atoms with Crippen molar-refractivity contribution in [3.05, 3.63) is 64.6 Å². The molecule has 2 aromatic carbocycles. The number of benzene rings is 2. The summed E-state index contributed by atoms with van der Waals surface area (Å²) in [6.07, 6.45) is 0.785. The van der Waals surface area contributed by atoms with Crippen LogP contribution in [0, 0.1) is 0 Å². The third-order valence-electron chi connectivity index (χ3n) is 3.98. The van der Waals surface area contributed by atoms with E-state index < -0.39 is 5.25 Å². The third kappa shape index (κ3) is 5.53. The minimum atomic E-state index is -0.522. The van der Waals surface area contributed by atoms with Gasteiger partial charge in [0.05, 0.1) is 5.71 Å². The zero-order valence-electron chi connectivity index (χ0n) is 15.2. The average molecular weight is 459 g/mol. The summed E-state index contributed by atoms with van der Waals surface area (Å²) >= 11 is 4.57. The molecule has 0 bridgehead atoms. The lowest BCUT2D eigenvalue weighted by atomic mass is 10.1. The van der Waals surface area contributed by atoms with E-state index in [0.717, 1.165) is 22.2 Å². The smallest absolute Gasteiger partial charge is 0.240 e. The lowest BCUT2D eigenvalue weighted by molar-refractivity contribution is -0.122. The van der Waals surface area contributed by atoms with Gasteiger partial charge < -0.3 is 10.6 Å².